The normalized spacial score (nSPS) is 18.5. The maximum absolute atomic E-state index is 13.0. The van der Waals surface area contributed by atoms with Crippen molar-refractivity contribution in [1.29, 1.82) is 0 Å². The lowest BCUT2D eigenvalue weighted by Crippen LogP contribution is -2.30. The highest BCUT2D eigenvalue weighted by Crippen LogP contribution is 2.43. The van der Waals surface area contributed by atoms with Gasteiger partial charge in [0.15, 0.2) is 0 Å². The first-order valence-electron chi connectivity index (χ1n) is 9.57. The van der Waals surface area contributed by atoms with Crippen LogP contribution in [0.4, 0.5) is 0 Å². The van der Waals surface area contributed by atoms with Gasteiger partial charge in [-0.2, -0.15) is 0 Å². The third-order valence-electron chi connectivity index (χ3n) is 5.12. The molecule has 0 saturated carbocycles. The number of nitrogens with zero attached hydrogens (tertiary/aromatic N) is 1. The topological polar surface area (TPSA) is 66.8 Å². The molecule has 1 aromatic carbocycles. The van der Waals surface area contributed by atoms with Crippen molar-refractivity contribution in [1.82, 2.24) is 4.90 Å². The summed E-state index contributed by atoms with van der Waals surface area (Å²) >= 11 is 7.77. The number of thiophene rings is 1. The predicted octanol–water partition coefficient (Wildman–Crippen LogP) is 5.33. The molecule has 1 fully saturated rings. The Balaban J connectivity index is 2.16. The van der Waals surface area contributed by atoms with Gasteiger partial charge in [-0.1, -0.05) is 31.4 Å². The molecule has 7 heteroatoms. The first-order valence-corrected chi connectivity index (χ1v) is 10.8. The summed E-state index contributed by atoms with van der Waals surface area (Å²) in [6.45, 7) is 4.49. The number of aliphatic hydroxyl groups excluding tert-OH is 1. The van der Waals surface area contributed by atoms with E-state index in [4.69, 9.17) is 16.3 Å². The van der Waals surface area contributed by atoms with Gasteiger partial charge < -0.3 is 14.7 Å². The summed E-state index contributed by atoms with van der Waals surface area (Å²) in [6, 6.07) is 6.17. The Labute approximate surface area is 179 Å². The molecule has 1 unspecified atom stereocenters. The van der Waals surface area contributed by atoms with Crippen LogP contribution in [0.2, 0.25) is 5.02 Å². The smallest absolute Gasteiger partial charge is 0.295 e. The molecule has 1 aromatic heterocycles. The van der Waals surface area contributed by atoms with E-state index in [1.54, 1.807) is 23.1 Å². The second-order valence-electron chi connectivity index (χ2n) is 7.01. The third-order valence-corrected chi connectivity index (χ3v) is 6.52. The number of likely N-dealkylation sites (tertiary alicyclic amines) is 1. The quantitative estimate of drug-likeness (QED) is 0.277. The van der Waals surface area contributed by atoms with Crippen LogP contribution >= 0.6 is 22.9 Å². The molecule has 154 valence electrons. The van der Waals surface area contributed by atoms with Gasteiger partial charge in [0, 0.05) is 17.0 Å². The Morgan fingerprint density at radius 1 is 1.28 bits per heavy atom. The van der Waals surface area contributed by atoms with Gasteiger partial charge >= 0.3 is 0 Å². The van der Waals surface area contributed by atoms with Gasteiger partial charge in [0.25, 0.3) is 11.7 Å². The molecule has 1 saturated heterocycles. The molecule has 1 aliphatic heterocycles. The number of Topliss-reactive ketones (excluding diaryl/α,β-unsaturated/α-hetero) is 1. The number of rotatable bonds is 7. The average molecular weight is 434 g/mol. The fourth-order valence-corrected chi connectivity index (χ4v) is 4.79. The van der Waals surface area contributed by atoms with E-state index < -0.39 is 17.7 Å². The van der Waals surface area contributed by atoms with Gasteiger partial charge in [0.1, 0.15) is 11.5 Å². The minimum Gasteiger partial charge on any atom is -0.507 e. The summed E-state index contributed by atoms with van der Waals surface area (Å²) in [6.07, 6.45) is 2.76. The zero-order valence-corrected chi connectivity index (χ0v) is 18.3. The van der Waals surface area contributed by atoms with E-state index >= 15 is 0 Å². The van der Waals surface area contributed by atoms with E-state index in [2.05, 4.69) is 6.92 Å². The molecular formula is C22H24ClNO4S. The molecule has 0 bridgehead atoms. The molecule has 1 atom stereocenters. The van der Waals surface area contributed by atoms with Crippen molar-refractivity contribution in [2.24, 2.45) is 0 Å². The summed E-state index contributed by atoms with van der Waals surface area (Å²) in [5, 5.41) is 13.3. The predicted molar refractivity (Wildman–Crippen MR) is 116 cm³/mol. The number of benzene rings is 1. The molecule has 1 amide bonds. The molecular weight excluding hydrogens is 410 g/mol. The Hall–Kier alpha value is -2.31. The van der Waals surface area contributed by atoms with Crippen molar-refractivity contribution in [3.8, 4) is 5.75 Å². The lowest BCUT2D eigenvalue weighted by Gasteiger charge is -2.25. The molecule has 3 rings (SSSR count). The number of aliphatic hydroxyl groups is 1. The second-order valence-corrected chi connectivity index (χ2v) is 8.37. The van der Waals surface area contributed by atoms with Gasteiger partial charge in [-0.15, -0.1) is 11.3 Å². The number of halogens is 1. The van der Waals surface area contributed by atoms with Crippen LogP contribution in [0.15, 0.2) is 35.2 Å². The van der Waals surface area contributed by atoms with E-state index in [1.807, 2.05) is 18.4 Å². The fraction of sp³-hybridized carbons (Fsp3) is 0.364. The number of hydrogen-bond donors (Lipinski definition) is 1. The van der Waals surface area contributed by atoms with Crippen LogP contribution < -0.4 is 4.74 Å². The van der Waals surface area contributed by atoms with Crippen LogP contribution in [0, 0.1) is 6.92 Å². The minimum atomic E-state index is -0.685. The van der Waals surface area contributed by atoms with Crippen molar-refractivity contribution >= 4 is 40.4 Å². The summed E-state index contributed by atoms with van der Waals surface area (Å²) in [4.78, 5) is 28.3. The van der Waals surface area contributed by atoms with Crippen LogP contribution in [0.1, 0.15) is 48.2 Å². The standard InChI is InChI=1S/C22H24ClNO4S/c1-4-5-6-10-24-18(21-13(2)9-11-29-21)17(20(26)22(24)27)19(25)15-12-14(28-3)7-8-16(15)23/h7-9,11-12,18,25H,4-6,10H2,1-3H3/b19-17+. The van der Waals surface area contributed by atoms with E-state index in [0.29, 0.717) is 12.3 Å². The number of ether oxygens (including phenoxy) is 1. The van der Waals surface area contributed by atoms with Gasteiger partial charge in [-0.05, 0) is 48.6 Å². The van der Waals surface area contributed by atoms with Gasteiger partial charge in [-0.3, -0.25) is 9.59 Å². The van der Waals surface area contributed by atoms with E-state index in [1.165, 1.54) is 18.4 Å². The molecule has 2 aromatic rings. The molecule has 1 N–H and O–H groups in total. The first-order chi connectivity index (χ1) is 13.9. The number of hydrogen-bond acceptors (Lipinski definition) is 5. The van der Waals surface area contributed by atoms with Crippen molar-refractivity contribution in [2.45, 2.75) is 39.2 Å². The van der Waals surface area contributed by atoms with Crippen molar-refractivity contribution in [2.75, 3.05) is 13.7 Å². The summed E-state index contributed by atoms with van der Waals surface area (Å²) < 4.78 is 5.22. The fourth-order valence-electron chi connectivity index (χ4n) is 3.54. The average Bonchev–Trinajstić information content (AvgIpc) is 3.23. The maximum atomic E-state index is 13.0. The largest absolute Gasteiger partial charge is 0.507 e. The van der Waals surface area contributed by atoms with Crippen molar-refractivity contribution < 1.29 is 19.4 Å². The van der Waals surface area contributed by atoms with Crippen LogP contribution in [-0.2, 0) is 9.59 Å². The van der Waals surface area contributed by atoms with Crippen LogP contribution in [0.5, 0.6) is 5.75 Å². The molecule has 0 spiro atoms. The van der Waals surface area contributed by atoms with E-state index in [9.17, 15) is 14.7 Å². The van der Waals surface area contributed by atoms with Gasteiger partial charge in [0.05, 0.1) is 23.7 Å². The monoisotopic (exact) mass is 433 g/mol. The summed E-state index contributed by atoms with van der Waals surface area (Å²) in [5.74, 6) is -1.05. The Bertz CT molecular complexity index is 965. The highest BCUT2D eigenvalue weighted by Gasteiger charge is 2.46. The maximum Gasteiger partial charge on any atom is 0.295 e. The number of methoxy groups -OCH3 is 1. The molecule has 29 heavy (non-hydrogen) atoms. The van der Waals surface area contributed by atoms with Crippen molar-refractivity contribution in [3.05, 3.63) is 56.2 Å². The highest BCUT2D eigenvalue weighted by molar-refractivity contribution is 7.10. The second kappa shape index (κ2) is 9.01. The Kier molecular flexibility index (Phi) is 6.65. The third kappa shape index (κ3) is 4.05. The van der Waals surface area contributed by atoms with Crippen molar-refractivity contribution in [3.63, 3.8) is 0 Å². The Morgan fingerprint density at radius 3 is 2.66 bits per heavy atom. The number of amides is 1. The summed E-state index contributed by atoms with van der Waals surface area (Å²) in [7, 11) is 1.51. The number of ketones is 1. The zero-order valence-electron chi connectivity index (χ0n) is 16.7. The van der Waals surface area contributed by atoms with Crippen LogP contribution in [0.3, 0.4) is 0 Å². The molecule has 0 radical (unpaired) electrons. The minimum absolute atomic E-state index is 0.0761. The zero-order chi connectivity index (χ0) is 21.1. The van der Waals surface area contributed by atoms with Crippen LogP contribution in [-0.4, -0.2) is 35.4 Å². The Morgan fingerprint density at radius 2 is 2.03 bits per heavy atom. The lowest BCUT2D eigenvalue weighted by atomic mass is 9.98. The van der Waals surface area contributed by atoms with E-state index in [-0.39, 0.29) is 21.9 Å². The SMILES string of the molecule is CCCCCN1C(=O)C(=O)/C(=C(/O)c2cc(OC)ccc2Cl)C1c1sccc1C. The molecule has 0 aliphatic carbocycles. The van der Waals surface area contributed by atoms with Gasteiger partial charge in [0.2, 0.25) is 0 Å². The van der Waals surface area contributed by atoms with Gasteiger partial charge in [-0.25, -0.2) is 0 Å². The molecule has 5 nitrogen and oxygen atoms in total. The lowest BCUT2D eigenvalue weighted by molar-refractivity contribution is -0.139. The number of unbranched alkanes of at least 4 members (excludes halogenated alkanes) is 2. The molecule has 1 aliphatic rings. The first kappa shape index (κ1) is 21.4. The number of aryl methyl sites for hydroxylation is 1. The highest BCUT2D eigenvalue weighted by atomic mass is 35.5. The number of carbonyl (C=O) groups is 2. The molecule has 2 heterocycles. The van der Waals surface area contributed by atoms with E-state index in [0.717, 1.165) is 29.7 Å². The van der Waals surface area contributed by atoms with Crippen LogP contribution in [0.25, 0.3) is 5.76 Å². The number of carbonyl (C=O) groups excluding carboxylic acids is 2. The summed E-state index contributed by atoms with van der Waals surface area (Å²) in [5.41, 5.74) is 1.33.